The molecule has 0 aliphatic carbocycles. The summed E-state index contributed by atoms with van der Waals surface area (Å²) in [6.45, 7) is 6.31. The molecule has 0 amide bonds. The lowest BCUT2D eigenvalue weighted by atomic mass is 10.1. The fraction of sp³-hybridized carbons (Fsp3) is 0.250. The minimum atomic E-state index is 1.10. The second-order valence-corrected chi connectivity index (χ2v) is 5.73. The Morgan fingerprint density at radius 2 is 1.73 bits per heavy atom. The highest BCUT2D eigenvalue weighted by Crippen LogP contribution is 2.30. The zero-order chi connectivity index (χ0) is 11.0. The molecule has 2 aromatic rings. The van der Waals surface area contributed by atoms with Crippen molar-refractivity contribution in [3.63, 3.8) is 0 Å². The fourth-order valence-corrected chi connectivity index (χ4v) is 2.54. The maximum Gasteiger partial charge on any atom is 0.123 e. The molecule has 0 aliphatic heterocycles. The number of benzene rings is 1. The van der Waals surface area contributed by atoms with Crippen LogP contribution in [0.4, 0.5) is 0 Å². The average molecular weight is 282 g/mol. The summed E-state index contributed by atoms with van der Waals surface area (Å²) in [6, 6.07) is 4.35. The van der Waals surface area contributed by atoms with Gasteiger partial charge in [0, 0.05) is 21.1 Å². The maximum atomic E-state index is 4.40. The van der Waals surface area contributed by atoms with Crippen molar-refractivity contribution in [3.8, 4) is 10.6 Å². The molecule has 78 valence electrons. The zero-order valence-electron chi connectivity index (χ0n) is 8.97. The van der Waals surface area contributed by atoms with Crippen LogP contribution < -0.4 is 0 Å². The first-order valence-electron chi connectivity index (χ1n) is 4.77. The summed E-state index contributed by atoms with van der Waals surface area (Å²) in [5, 5.41) is 1.10. The summed E-state index contributed by atoms with van der Waals surface area (Å²) in [7, 11) is 0. The molecule has 2 rings (SSSR count). The van der Waals surface area contributed by atoms with Gasteiger partial charge in [0.25, 0.3) is 0 Å². The Balaban J connectivity index is 2.55. The molecule has 1 heterocycles. The number of aromatic nitrogens is 1. The van der Waals surface area contributed by atoms with Crippen LogP contribution >= 0.6 is 27.3 Å². The molecule has 0 radical (unpaired) electrons. The number of aryl methyl sites for hydroxylation is 3. The first-order valence-corrected chi connectivity index (χ1v) is 6.38. The lowest BCUT2D eigenvalue weighted by molar-refractivity contribution is 1.32. The van der Waals surface area contributed by atoms with Gasteiger partial charge in [-0.15, -0.1) is 11.3 Å². The molecule has 0 saturated carbocycles. The Hall–Kier alpha value is -0.670. The number of nitrogens with zero attached hydrogens (tertiary/aromatic N) is 1. The average Bonchev–Trinajstić information content (AvgIpc) is 2.60. The summed E-state index contributed by atoms with van der Waals surface area (Å²) < 4.78 is 1.19. The molecule has 1 aromatic heterocycles. The molecule has 1 aromatic carbocycles. The van der Waals surface area contributed by atoms with E-state index in [1.54, 1.807) is 11.3 Å². The van der Waals surface area contributed by atoms with Crippen LogP contribution in [-0.2, 0) is 0 Å². The van der Waals surface area contributed by atoms with E-state index in [2.05, 4.69) is 53.8 Å². The zero-order valence-corrected chi connectivity index (χ0v) is 11.4. The van der Waals surface area contributed by atoms with Crippen molar-refractivity contribution in [2.45, 2.75) is 20.8 Å². The maximum absolute atomic E-state index is 4.40. The summed E-state index contributed by atoms with van der Waals surface area (Å²) in [6.07, 6.45) is 1.92. The summed E-state index contributed by atoms with van der Waals surface area (Å²) in [5.41, 5.74) is 3.74. The van der Waals surface area contributed by atoms with Gasteiger partial charge in [-0.2, -0.15) is 0 Å². The Bertz CT molecular complexity index is 479. The highest BCUT2D eigenvalue weighted by atomic mass is 79.9. The second kappa shape index (κ2) is 4.06. The van der Waals surface area contributed by atoms with E-state index in [9.17, 15) is 0 Å². The number of rotatable bonds is 1. The number of hydrogen-bond donors (Lipinski definition) is 0. The minimum Gasteiger partial charge on any atom is -0.244 e. The Kier molecular flexibility index (Phi) is 2.94. The van der Waals surface area contributed by atoms with Crippen molar-refractivity contribution in [1.82, 2.24) is 4.98 Å². The van der Waals surface area contributed by atoms with Gasteiger partial charge in [-0.1, -0.05) is 15.9 Å². The number of hydrogen-bond acceptors (Lipinski definition) is 2. The smallest absolute Gasteiger partial charge is 0.123 e. The van der Waals surface area contributed by atoms with Gasteiger partial charge in [-0.05, 0) is 44.0 Å². The highest BCUT2D eigenvalue weighted by Gasteiger charge is 2.06. The van der Waals surface area contributed by atoms with Gasteiger partial charge >= 0.3 is 0 Å². The van der Waals surface area contributed by atoms with Crippen LogP contribution in [0.25, 0.3) is 10.6 Å². The highest BCUT2D eigenvalue weighted by molar-refractivity contribution is 9.10. The number of thiazole rings is 1. The predicted molar refractivity (Wildman–Crippen MR) is 69.5 cm³/mol. The summed E-state index contributed by atoms with van der Waals surface area (Å²) in [5.74, 6) is 0. The van der Waals surface area contributed by atoms with Crippen molar-refractivity contribution < 1.29 is 0 Å². The third kappa shape index (κ3) is 2.13. The molecule has 0 N–H and O–H groups in total. The predicted octanol–water partition coefficient (Wildman–Crippen LogP) is 4.50. The molecule has 0 spiro atoms. The van der Waals surface area contributed by atoms with Crippen LogP contribution in [0.1, 0.15) is 16.0 Å². The molecule has 0 unspecified atom stereocenters. The van der Waals surface area contributed by atoms with Crippen LogP contribution in [0.15, 0.2) is 22.8 Å². The van der Waals surface area contributed by atoms with Crippen LogP contribution in [0.2, 0.25) is 0 Å². The van der Waals surface area contributed by atoms with Crippen LogP contribution in [-0.4, -0.2) is 4.98 Å². The minimum absolute atomic E-state index is 1.10. The van der Waals surface area contributed by atoms with Crippen molar-refractivity contribution in [2.24, 2.45) is 0 Å². The molecule has 15 heavy (non-hydrogen) atoms. The Morgan fingerprint density at radius 1 is 1.13 bits per heavy atom. The standard InChI is InChI=1S/C12H12BrNS/c1-7-4-10(5-8(2)11(7)13)12-14-6-9(3)15-12/h4-6H,1-3H3. The van der Waals surface area contributed by atoms with Gasteiger partial charge in [-0.25, -0.2) is 4.98 Å². The quantitative estimate of drug-likeness (QED) is 0.750. The molecular weight excluding hydrogens is 270 g/mol. The van der Waals surface area contributed by atoms with E-state index < -0.39 is 0 Å². The molecule has 3 heteroatoms. The van der Waals surface area contributed by atoms with Crippen LogP contribution in [0, 0.1) is 20.8 Å². The molecule has 0 bridgehead atoms. The molecular formula is C12H12BrNS. The van der Waals surface area contributed by atoms with E-state index in [-0.39, 0.29) is 0 Å². The SMILES string of the molecule is Cc1cnc(-c2cc(C)c(Br)c(C)c2)s1. The molecule has 0 saturated heterocycles. The largest absolute Gasteiger partial charge is 0.244 e. The van der Waals surface area contributed by atoms with Gasteiger partial charge in [0.15, 0.2) is 0 Å². The first kappa shape index (κ1) is 10.8. The third-order valence-electron chi connectivity index (χ3n) is 2.30. The van der Waals surface area contributed by atoms with Crippen LogP contribution in [0.3, 0.4) is 0 Å². The molecule has 0 aliphatic rings. The van der Waals surface area contributed by atoms with E-state index in [1.807, 2.05) is 6.20 Å². The van der Waals surface area contributed by atoms with Gasteiger partial charge in [-0.3, -0.25) is 0 Å². The third-order valence-corrected chi connectivity index (χ3v) is 4.52. The molecule has 1 nitrogen and oxygen atoms in total. The van der Waals surface area contributed by atoms with Gasteiger partial charge < -0.3 is 0 Å². The lowest BCUT2D eigenvalue weighted by Crippen LogP contribution is -1.84. The second-order valence-electron chi connectivity index (χ2n) is 3.70. The number of halogens is 1. The van der Waals surface area contributed by atoms with Gasteiger partial charge in [0.1, 0.15) is 5.01 Å². The normalized spacial score (nSPS) is 10.7. The molecule has 0 atom stereocenters. The Labute approximate surface area is 102 Å². The van der Waals surface area contributed by atoms with E-state index in [1.165, 1.54) is 26.0 Å². The van der Waals surface area contributed by atoms with Crippen molar-refractivity contribution >= 4 is 27.3 Å². The molecule has 0 fully saturated rings. The van der Waals surface area contributed by atoms with Crippen LogP contribution in [0.5, 0.6) is 0 Å². The van der Waals surface area contributed by atoms with E-state index in [0.717, 1.165) is 5.01 Å². The monoisotopic (exact) mass is 281 g/mol. The van der Waals surface area contributed by atoms with Crippen molar-refractivity contribution in [3.05, 3.63) is 38.8 Å². The van der Waals surface area contributed by atoms with Crippen molar-refractivity contribution in [2.75, 3.05) is 0 Å². The van der Waals surface area contributed by atoms with E-state index >= 15 is 0 Å². The first-order chi connectivity index (χ1) is 7.08. The van der Waals surface area contributed by atoms with Crippen molar-refractivity contribution in [1.29, 1.82) is 0 Å². The summed E-state index contributed by atoms with van der Waals surface area (Å²) in [4.78, 5) is 5.65. The van der Waals surface area contributed by atoms with E-state index in [4.69, 9.17) is 0 Å². The Morgan fingerprint density at radius 3 is 2.20 bits per heavy atom. The van der Waals surface area contributed by atoms with Gasteiger partial charge in [0.05, 0.1) is 0 Å². The lowest BCUT2D eigenvalue weighted by Gasteiger charge is -2.05. The van der Waals surface area contributed by atoms with Gasteiger partial charge in [0.2, 0.25) is 0 Å². The fourth-order valence-electron chi connectivity index (χ4n) is 1.56. The summed E-state index contributed by atoms with van der Waals surface area (Å²) >= 11 is 5.31. The van der Waals surface area contributed by atoms with E-state index in [0.29, 0.717) is 0 Å². The topological polar surface area (TPSA) is 12.9 Å².